The molecule has 1 aliphatic rings. The van der Waals surface area contributed by atoms with E-state index in [2.05, 4.69) is 0 Å². The molecular formula is C17H21BN2O4. The zero-order valence-electron chi connectivity index (χ0n) is 14.2. The summed E-state index contributed by atoms with van der Waals surface area (Å²) < 4.78 is 13.6. The van der Waals surface area contributed by atoms with Crippen LogP contribution in [0.1, 0.15) is 38.2 Å². The average molecular weight is 328 g/mol. The van der Waals surface area contributed by atoms with E-state index in [1.165, 1.54) is 0 Å². The molecule has 0 spiro atoms. The highest BCUT2D eigenvalue weighted by Crippen LogP contribution is 2.36. The van der Waals surface area contributed by atoms with Crippen LogP contribution in [-0.2, 0) is 9.31 Å². The number of anilines is 1. The first kappa shape index (κ1) is 16.6. The number of hydrogen-bond acceptors (Lipinski definition) is 4. The molecule has 0 bridgehead atoms. The minimum Gasteiger partial charge on any atom is -0.476 e. The van der Waals surface area contributed by atoms with Crippen molar-refractivity contribution in [3.63, 3.8) is 0 Å². The van der Waals surface area contributed by atoms with Gasteiger partial charge in [0.05, 0.1) is 16.9 Å². The van der Waals surface area contributed by atoms with Crippen molar-refractivity contribution in [1.82, 2.24) is 4.57 Å². The molecule has 1 saturated heterocycles. The monoisotopic (exact) mass is 328 g/mol. The quantitative estimate of drug-likeness (QED) is 0.842. The third-order valence-corrected chi connectivity index (χ3v) is 4.82. The lowest BCUT2D eigenvalue weighted by atomic mass is 9.79. The number of hydrogen-bond donors (Lipinski definition) is 2. The molecule has 1 aromatic carbocycles. The summed E-state index contributed by atoms with van der Waals surface area (Å²) in [6, 6.07) is 8.97. The molecule has 0 unspecified atom stereocenters. The molecule has 3 N–H and O–H groups in total. The summed E-state index contributed by atoms with van der Waals surface area (Å²) >= 11 is 0. The first-order valence-electron chi connectivity index (χ1n) is 7.78. The zero-order valence-corrected chi connectivity index (χ0v) is 14.2. The van der Waals surface area contributed by atoms with Crippen LogP contribution in [0.4, 0.5) is 5.69 Å². The van der Waals surface area contributed by atoms with E-state index < -0.39 is 24.3 Å². The maximum absolute atomic E-state index is 11.4. The molecule has 6 nitrogen and oxygen atoms in total. The van der Waals surface area contributed by atoms with E-state index in [4.69, 9.17) is 15.0 Å². The van der Waals surface area contributed by atoms with Crippen molar-refractivity contribution in [2.24, 2.45) is 0 Å². The van der Waals surface area contributed by atoms with Crippen LogP contribution in [0.5, 0.6) is 0 Å². The lowest BCUT2D eigenvalue weighted by molar-refractivity contribution is 0.00578. The Morgan fingerprint density at radius 3 is 2.12 bits per heavy atom. The van der Waals surface area contributed by atoms with Gasteiger partial charge in [0.1, 0.15) is 0 Å². The second-order valence-corrected chi connectivity index (χ2v) is 6.97. The molecule has 1 fully saturated rings. The predicted molar refractivity (Wildman–Crippen MR) is 92.9 cm³/mol. The van der Waals surface area contributed by atoms with Gasteiger partial charge in [0.15, 0.2) is 5.69 Å². The summed E-state index contributed by atoms with van der Waals surface area (Å²) in [5.41, 5.74) is 6.81. The van der Waals surface area contributed by atoms with Gasteiger partial charge < -0.3 is 24.7 Å². The number of carboxylic acid groups (broad SMARTS) is 1. The standard InChI is InChI=1S/C17H21BN2O4/c1-16(2)17(3,4)24-18(23-16)11-5-7-12(8-6-11)20-10-9-13(19)14(20)15(21)22/h5-10H,19H2,1-4H3,(H,21,22). The first-order chi connectivity index (χ1) is 11.1. The van der Waals surface area contributed by atoms with Crippen molar-refractivity contribution in [2.75, 3.05) is 5.73 Å². The van der Waals surface area contributed by atoms with Gasteiger partial charge in [-0.15, -0.1) is 0 Å². The SMILES string of the molecule is CC1(C)OB(c2ccc(-n3ccc(N)c3C(=O)O)cc2)OC1(C)C. The lowest BCUT2D eigenvalue weighted by Crippen LogP contribution is -2.41. The highest BCUT2D eigenvalue weighted by molar-refractivity contribution is 6.62. The molecule has 3 rings (SSSR count). The second kappa shape index (κ2) is 5.39. The molecule has 0 amide bonds. The summed E-state index contributed by atoms with van der Waals surface area (Å²) in [4.78, 5) is 11.4. The van der Waals surface area contributed by atoms with Gasteiger partial charge >= 0.3 is 13.1 Å². The highest BCUT2D eigenvalue weighted by atomic mass is 16.7. The van der Waals surface area contributed by atoms with Crippen LogP contribution in [0.15, 0.2) is 36.5 Å². The summed E-state index contributed by atoms with van der Waals surface area (Å²) in [5, 5.41) is 9.30. The fourth-order valence-corrected chi connectivity index (χ4v) is 2.66. The van der Waals surface area contributed by atoms with Gasteiger partial charge in [0.2, 0.25) is 0 Å². The van der Waals surface area contributed by atoms with E-state index in [-0.39, 0.29) is 11.4 Å². The molecule has 24 heavy (non-hydrogen) atoms. The van der Waals surface area contributed by atoms with Crippen molar-refractivity contribution < 1.29 is 19.2 Å². The molecule has 1 aliphatic heterocycles. The Bertz CT molecular complexity index is 764. The maximum Gasteiger partial charge on any atom is 0.494 e. The minimum absolute atomic E-state index is 0.0541. The fourth-order valence-electron chi connectivity index (χ4n) is 2.66. The molecule has 0 aliphatic carbocycles. The third-order valence-electron chi connectivity index (χ3n) is 4.82. The van der Waals surface area contributed by atoms with Crippen LogP contribution in [-0.4, -0.2) is 34.0 Å². The molecule has 0 saturated carbocycles. The number of nitrogens with two attached hydrogens (primary N) is 1. The van der Waals surface area contributed by atoms with Crippen molar-refractivity contribution in [1.29, 1.82) is 0 Å². The predicted octanol–water partition coefficient (Wildman–Crippen LogP) is 2.06. The zero-order chi connectivity index (χ0) is 17.7. The van der Waals surface area contributed by atoms with Crippen LogP contribution < -0.4 is 11.2 Å². The molecular weight excluding hydrogens is 307 g/mol. The lowest BCUT2D eigenvalue weighted by Gasteiger charge is -2.32. The number of aromatic nitrogens is 1. The topological polar surface area (TPSA) is 86.7 Å². The maximum atomic E-state index is 11.4. The molecule has 0 radical (unpaired) electrons. The van der Waals surface area contributed by atoms with Gasteiger partial charge in [-0.05, 0) is 51.4 Å². The van der Waals surface area contributed by atoms with E-state index in [0.717, 1.165) is 5.46 Å². The molecule has 2 aromatic rings. The Balaban J connectivity index is 1.89. The second-order valence-electron chi connectivity index (χ2n) is 6.97. The van der Waals surface area contributed by atoms with Crippen molar-refractivity contribution in [3.8, 4) is 5.69 Å². The summed E-state index contributed by atoms with van der Waals surface area (Å²) in [7, 11) is -0.447. The Kier molecular flexibility index (Phi) is 3.73. The Labute approximate surface area is 141 Å². The fraction of sp³-hybridized carbons (Fsp3) is 0.353. The Morgan fingerprint density at radius 1 is 1.08 bits per heavy atom. The highest BCUT2D eigenvalue weighted by Gasteiger charge is 2.51. The number of benzene rings is 1. The van der Waals surface area contributed by atoms with E-state index in [1.807, 2.05) is 52.0 Å². The van der Waals surface area contributed by atoms with Gasteiger partial charge in [-0.25, -0.2) is 4.79 Å². The Morgan fingerprint density at radius 2 is 1.62 bits per heavy atom. The smallest absolute Gasteiger partial charge is 0.476 e. The van der Waals surface area contributed by atoms with Gasteiger partial charge in [-0.2, -0.15) is 0 Å². The summed E-state index contributed by atoms with van der Waals surface area (Å²) in [5.74, 6) is -1.06. The number of nitrogens with zero attached hydrogens (tertiary/aromatic N) is 1. The van der Waals surface area contributed by atoms with Crippen LogP contribution in [0.25, 0.3) is 5.69 Å². The Hall–Kier alpha value is -2.25. The molecule has 2 heterocycles. The average Bonchev–Trinajstić information content (AvgIpc) is 2.97. The van der Waals surface area contributed by atoms with E-state index in [1.54, 1.807) is 16.8 Å². The summed E-state index contributed by atoms with van der Waals surface area (Å²) in [6.45, 7) is 8.01. The molecule has 126 valence electrons. The molecule has 1 aromatic heterocycles. The number of carboxylic acids is 1. The van der Waals surface area contributed by atoms with Gasteiger partial charge in [0.25, 0.3) is 0 Å². The van der Waals surface area contributed by atoms with Gasteiger partial charge in [-0.3, -0.25) is 0 Å². The minimum atomic E-state index is -1.06. The largest absolute Gasteiger partial charge is 0.494 e. The molecule has 7 heteroatoms. The van der Waals surface area contributed by atoms with Crippen LogP contribution in [0, 0.1) is 0 Å². The normalized spacial score (nSPS) is 18.8. The van der Waals surface area contributed by atoms with Gasteiger partial charge in [0, 0.05) is 11.9 Å². The van der Waals surface area contributed by atoms with E-state index in [9.17, 15) is 9.90 Å². The van der Waals surface area contributed by atoms with E-state index in [0.29, 0.717) is 5.69 Å². The van der Waals surface area contributed by atoms with Crippen molar-refractivity contribution in [2.45, 2.75) is 38.9 Å². The summed E-state index contributed by atoms with van der Waals surface area (Å²) in [6.07, 6.45) is 1.64. The third kappa shape index (κ3) is 2.59. The first-order valence-corrected chi connectivity index (χ1v) is 7.78. The van der Waals surface area contributed by atoms with Crippen molar-refractivity contribution >= 4 is 24.2 Å². The number of carbonyl (C=O) groups is 1. The van der Waals surface area contributed by atoms with E-state index >= 15 is 0 Å². The number of rotatable bonds is 3. The number of aromatic carboxylic acids is 1. The number of nitrogen functional groups attached to an aromatic ring is 1. The van der Waals surface area contributed by atoms with Crippen LogP contribution in [0.3, 0.4) is 0 Å². The van der Waals surface area contributed by atoms with Gasteiger partial charge in [-0.1, -0.05) is 12.1 Å². The van der Waals surface area contributed by atoms with Crippen LogP contribution in [0.2, 0.25) is 0 Å². The van der Waals surface area contributed by atoms with Crippen molar-refractivity contribution in [3.05, 3.63) is 42.2 Å². The molecule has 0 atom stereocenters. The van der Waals surface area contributed by atoms with Crippen LogP contribution >= 0.6 is 0 Å².